The van der Waals surface area contributed by atoms with Gasteiger partial charge in [0.1, 0.15) is 0 Å². The average Bonchev–Trinajstić information content (AvgIpc) is 3.31. The Bertz CT molecular complexity index is 1500. The van der Waals surface area contributed by atoms with Crippen LogP contribution in [0.2, 0.25) is 0 Å². The number of aromatic hydroxyl groups is 1. The van der Waals surface area contributed by atoms with Crippen LogP contribution in [0.1, 0.15) is 40.7 Å². The third kappa shape index (κ3) is 5.71. The first-order valence-electron chi connectivity index (χ1n) is 13.1. The zero-order valence-electron chi connectivity index (χ0n) is 22.2. The fraction of sp³-hybridized carbons (Fsp3) is 0.258. The number of amides is 1. The van der Waals surface area contributed by atoms with Crippen LogP contribution >= 0.6 is 0 Å². The Kier molecular flexibility index (Phi) is 7.74. The molecule has 0 atom stereocenters. The van der Waals surface area contributed by atoms with E-state index >= 15 is 0 Å². The highest BCUT2D eigenvalue weighted by atomic mass is 16.5. The number of likely N-dealkylation sites (tertiary alicyclic amines) is 1. The largest absolute Gasteiger partial charge is 0.494 e. The number of aromatic nitrogens is 1. The molecule has 4 aromatic rings. The SMILES string of the molecule is COC(=O)c1ccc2c(C(=Nc3ccc(N(C)C(=O)CN4CCCCC4)cc3)c3ccccc3)c(O)[nH]c2c1. The first-order valence-corrected chi connectivity index (χ1v) is 13.1. The summed E-state index contributed by atoms with van der Waals surface area (Å²) in [7, 11) is 3.13. The Morgan fingerprint density at radius 2 is 1.69 bits per heavy atom. The van der Waals surface area contributed by atoms with Gasteiger partial charge in [-0.15, -0.1) is 0 Å². The van der Waals surface area contributed by atoms with Gasteiger partial charge < -0.3 is 19.7 Å². The highest BCUT2D eigenvalue weighted by Gasteiger charge is 2.21. The highest BCUT2D eigenvalue weighted by Crippen LogP contribution is 2.32. The molecule has 39 heavy (non-hydrogen) atoms. The summed E-state index contributed by atoms with van der Waals surface area (Å²) in [5, 5.41) is 11.7. The van der Waals surface area contributed by atoms with Crippen LogP contribution in [-0.4, -0.2) is 66.4 Å². The molecule has 2 heterocycles. The van der Waals surface area contributed by atoms with Gasteiger partial charge in [0, 0.05) is 29.2 Å². The summed E-state index contributed by atoms with van der Waals surface area (Å²) in [6.07, 6.45) is 3.52. The maximum Gasteiger partial charge on any atom is 0.337 e. The molecule has 3 aromatic carbocycles. The molecule has 5 rings (SSSR count). The number of hydrogen-bond acceptors (Lipinski definition) is 6. The van der Waals surface area contributed by atoms with Crippen LogP contribution < -0.4 is 4.90 Å². The van der Waals surface area contributed by atoms with Gasteiger partial charge in [-0.1, -0.05) is 42.8 Å². The van der Waals surface area contributed by atoms with Gasteiger partial charge in [-0.3, -0.25) is 9.69 Å². The van der Waals surface area contributed by atoms with Crippen molar-refractivity contribution in [1.82, 2.24) is 9.88 Å². The molecule has 0 saturated carbocycles. The maximum absolute atomic E-state index is 12.9. The lowest BCUT2D eigenvalue weighted by Gasteiger charge is -2.28. The number of anilines is 1. The molecule has 0 bridgehead atoms. The summed E-state index contributed by atoms with van der Waals surface area (Å²) in [6.45, 7) is 2.37. The van der Waals surface area contributed by atoms with Gasteiger partial charge in [-0.05, 0) is 62.3 Å². The van der Waals surface area contributed by atoms with E-state index < -0.39 is 5.97 Å². The van der Waals surface area contributed by atoms with Gasteiger partial charge in [0.15, 0.2) is 5.88 Å². The van der Waals surface area contributed by atoms with E-state index in [0.29, 0.717) is 34.6 Å². The standard InChI is InChI=1S/C31H32N4O4/c1-34(27(36)20-35-17-7-4-8-18-35)24-14-12-23(13-15-24)32-29(21-9-5-3-6-10-21)28-25-16-11-22(31(38)39-2)19-26(25)33-30(28)37/h3,5-6,9-16,19,33,37H,4,7-8,17-18,20H2,1-2H3. The van der Waals surface area contributed by atoms with Crippen molar-refractivity contribution < 1.29 is 19.4 Å². The number of carbonyl (C=O) groups is 2. The number of esters is 1. The molecule has 1 amide bonds. The van der Waals surface area contributed by atoms with Gasteiger partial charge >= 0.3 is 5.97 Å². The van der Waals surface area contributed by atoms with E-state index in [1.54, 1.807) is 30.1 Å². The molecular formula is C31H32N4O4. The second kappa shape index (κ2) is 11.5. The predicted octanol–water partition coefficient (Wildman–Crippen LogP) is 5.28. The summed E-state index contributed by atoms with van der Waals surface area (Å²) < 4.78 is 4.83. The van der Waals surface area contributed by atoms with Crippen LogP contribution in [0.15, 0.2) is 77.8 Å². The van der Waals surface area contributed by atoms with Crippen molar-refractivity contribution in [3.8, 4) is 5.88 Å². The monoisotopic (exact) mass is 524 g/mol. The van der Waals surface area contributed by atoms with E-state index in [1.807, 2.05) is 54.6 Å². The number of aromatic amines is 1. The first-order chi connectivity index (χ1) is 18.9. The number of H-pyrrole nitrogens is 1. The number of aliphatic imine (C=N–C) groups is 1. The minimum atomic E-state index is -0.455. The number of piperidine rings is 1. The number of carbonyl (C=O) groups excluding carboxylic acids is 2. The maximum atomic E-state index is 12.9. The quantitative estimate of drug-likeness (QED) is 0.253. The van der Waals surface area contributed by atoms with Gasteiger partial charge in [-0.2, -0.15) is 0 Å². The molecule has 1 saturated heterocycles. The van der Waals surface area contributed by atoms with E-state index in [0.717, 1.165) is 42.6 Å². The summed E-state index contributed by atoms with van der Waals surface area (Å²) in [6, 6.07) is 22.2. The van der Waals surface area contributed by atoms with Crippen LogP contribution in [-0.2, 0) is 9.53 Å². The fourth-order valence-electron chi connectivity index (χ4n) is 4.97. The van der Waals surface area contributed by atoms with Gasteiger partial charge in [0.05, 0.1) is 36.2 Å². The summed E-state index contributed by atoms with van der Waals surface area (Å²) >= 11 is 0. The van der Waals surface area contributed by atoms with Gasteiger partial charge in [0.2, 0.25) is 5.91 Å². The van der Waals surface area contributed by atoms with Crippen LogP contribution in [0.4, 0.5) is 11.4 Å². The minimum Gasteiger partial charge on any atom is -0.494 e. The molecule has 1 aromatic heterocycles. The molecule has 8 nitrogen and oxygen atoms in total. The van der Waals surface area contributed by atoms with Crippen molar-refractivity contribution in [1.29, 1.82) is 0 Å². The molecular weight excluding hydrogens is 492 g/mol. The third-order valence-electron chi connectivity index (χ3n) is 7.14. The second-order valence-corrected chi connectivity index (χ2v) is 9.73. The van der Waals surface area contributed by atoms with Crippen molar-refractivity contribution in [3.63, 3.8) is 0 Å². The number of fused-ring (bicyclic) bond motifs is 1. The number of rotatable bonds is 7. The molecule has 0 unspecified atom stereocenters. The van der Waals surface area contributed by atoms with Crippen LogP contribution in [0.5, 0.6) is 5.88 Å². The Morgan fingerprint density at radius 3 is 2.38 bits per heavy atom. The zero-order valence-corrected chi connectivity index (χ0v) is 22.2. The van der Waals surface area contributed by atoms with Crippen LogP contribution in [0.3, 0.4) is 0 Å². The third-order valence-corrected chi connectivity index (χ3v) is 7.14. The Balaban J connectivity index is 1.47. The lowest BCUT2D eigenvalue weighted by Crippen LogP contribution is -2.40. The van der Waals surface area contributed by atoms with Gasteiger partial charge in [-0.25, -0.2) is 9.79 Å². The number of nitrogens with one attached hydrogen (secondary N) is 1. The zero-order chi connectivity index (χ0) is 27.4. The summed E-state index contributed by atoms with van der Waals surface area (Å²) in [4.78, 5) is 36.7. The molecule has 1 aliphatic rings. The Labute approximate surface area is 227 Å². The van der Waals surface area contributed by atoms with Crippen molar-refractivity contribution in [2.24, 2.45) is 4.99 Å². The molecule has 0 aliphatic carbocycles. The molecule has 200 valence electrons. The number of hydrogen-bond donors (Lipinski definition) is 2. The molecule has 0 radical (unpaired) electrons. The number of benzene rings is 3. The average molecular weight is 525 g/mol. The van der Waals surface area contributed by atoms with Crippen LogP contribution in [0.25, 0.3) is 10.9 Å². The van der Waals surface area contributed by atoms with Crippen molar-refractivity contribution in [3.05, 3.63) is 89.5 Å². The van der Waals surface area contributed by atoms with E-state index in [-0.39, 0.29) is 11.8 Å². The van der Waals surface area contributed by atoms with Crippen LogP contribution in [0, 0.1) is 0 Å². The van der Waals surface area contributed by atoms with Gasteiger partial charge in [0.25, 0.3) is 0 Å². The van der Waals surface area contributed by atoms with Crippen molar-refractivity contribution >= 4 is 39.9 Å². The fourth-order valence-corrected chi connectivity index (χ4v) is 4.97. The Hall–Kier alpha value is -4.43. The smallest absolute Gasteiger partial charge is 0.337 e. The number of likely N-dealkylation sites (N-methyl/N-ethyl adjacent to an activating group) is 1. The molecule has 2 N–H and O–H groups in total. The topological polar surface area (TPSA) is 98.2 Å². The van der Waals surface area contributed by atoms with E-state index in [2.05, 4.69) is 9.88 Å². The molecule has 0 spiro atoms. The Morgan fingerprint density at radius 1 is 0.974 bits per heavy atom. The lowest BCUT2D eigenvalue weighted by molar-refractivity contribution is -0.119. The molecule has 1 fully saturated rings. The minimum absolute atomic E-state index is 0.0470. The highest BCUT2D eigenvalue weighted by molar-refractivity contribution is 6.22. The summed E-state index contributed by atoms with van der Waals surface area (Å²) in [5.74, 6) is -0.439. The van der Waals surface area contributed by atoms with Crippen molar-refractivity contribution in [2.75, 3.05) is 38.7 Å². The van der Waals surface area contributed by atoms with E-state index in [9.17, 15) is 14.7 Å². The predicted molar refractivity (Wildman–Crippen MR) is 153 cm³/mol. The molecule has 8 heteroatoms. The van der Waals surface area contributed by atoms with E-state index in [1.165, 1.54) is 13.5 Å². The molecule has 1 aliphatic heterocycles. The van der Waals surface area contributed by atoms with E-state index in [4.69, 9.17) is 9.73 Å². The van der Waals surface area contributed by atoms with Crippen molar-refractivity contribution in [2.45, 2.75) is 19.3 Å². The second-order valence-electron chi connectivity index (χ2n) is 9.73. The lowest BCUT2D eigenvalue weighted by atomic mass is 10.00. The number of methoxy groups -OCH3 is 1. The normalized spacial score (nSPS) is 14.4. The number of ether oxygens (including phenoxy) is 1. The number of nitrogens with zero attached hydrogens (tertiary/aromatic N) is 3. The summed E-state index contributed by atoms with van der Waals surface area (Å²) in [5.41, 5.74) is 4.38. The first kappa shape index (κ1) is 26.2.